The van der Waals surface area contributed by atoms with Crippen molar-refractivity contribution in [2.24, 2.45) is 4.99 Å². The molecular formula is C25H19BrClN3O. The Morgan fingerprint density at radius 2 is 1.68 bits per heavy atom. The van der Waals surface area contributed by atoms with Gasteiger partial charge < -0.3 is 5.32 Å². The van der Waals surface area contributed by atoms with Gasteiger partial charge in [0, 0.05) is 32.9 Å². The molecule has 0 aromatic heterocycles. The first-order chi connectivity index (χ1) is 15.1. The number of carbonyl (C=O) groups excluding carboxylic acids is 1. The minimum Gasteiger partial charge on any atom is -0.378 e. The van der Waals surface area contributed by atoms with Crippen molar-refractivity contribution in [3.63, 3.8) is 0 Å². The minimum absolute atomic E-state index is 0.0438. The van der Waals surface area contributed by atoms with Gasteiger partial charge in [0.2, 0.25) is 0 Å². The number of aliphatic imine (C=N–C) groups is 1. The molecule has 3 aromatic rings. The van der Waals surface area contributed by atoms with Crippen LogP contribution >= 0.6 is 27.5 Å². The Hall–Kier alpha value is -2.89. The Labute approximate surface area is 194 Å². The highest BCUT2D eigenvalue weighted by Crippen LogP contribution is 2.42. The van der Waals surface area contributed by atoms with Crippen molar-refractivity contribution in [2.45, 2.75) is 6.04 Å². The summed E-state index contributed by atoms with van der Waals surface area (Å²) in [5.41, 5.74) is 5.17. The van der Waals surface area contributed by atoms with Crippen LogP contribution in [0.1, 0.15) is 17.2 Å². The van der Waals surface area contributed by atoms with Crippen molar-refractivity contribution >= 4 is 44.8 Å². The molecule has 0 radical (unpaired) electrons. The van der Waals surface area contributed by atoms with Gasteiger partial charge in [-0.1, -0.05) is 70.0 Å². The lowest BCUT2D eigenvalue weighted by atomic mass is 9.91. The second-order valence-electron chi connectivity index (χ2n) is 7.42. The van der Waals surface area contributed by atoms with Crippen LogP contribution in [0.3, 0.4) is 0 Å². The van der Waals surface area contributed by atoms with Crippen molar-refractivity contribution in [3.05, 3.63) is 111 Å². The van der Waals surface area contributed by atoms with Gasteiger partial charge in [0.25, 0.3) is 5.91 Å². The summed E-state index contributed by atoms with van der Waals surface area (Å²) in [6.07, 6.45) is 0. The lowest BCUT2D eigenvalue weighted by Crippen LogP contribution is -2.33. The summed E-state index contributed by atoms with van der Waals surface area (Å²) in [5, 5.41) is 4.02. The van der Waals surface area contributed by atoms with Crippen LogP contribution in [-0.2, 0) is 4.79 Å². The van der Waals surface area contributed by atoms with Crippen molar-refractivity contribution in [1.82, 2.24) is 5.32 Å². The van der Waals surface area contributed by atoms with Crippen LogP contribution < -0.4 is 10.2 Å². The molecule has 1 atom stereocenters. The van der Waals surface area contributed by atoms with Gasteiger partial charge in [-0.2, -0.15) is 0 Å². The van der Waals surface area contributed by atoms with Gasteiger partial charge in [-0.05, 0) is 42.0 Å². The fourth-order valence-corrected chi connectivity index (χ4v) is 4.53. The van der Waals surface area contributed by atoms with E-state index >= 15 is 0 Å². The molecule has 3 aromatic carbocycles. The number of para-hydroxylation sites is 1. The molecule has 4 nitrogen and oxygen atoms in total. The topological polar surface area (TPSA) is 44.7 Å². The molecule has 0 saturated heterocycles. The van der Waals surface area contributed by atoms with Crippen LogP contribution in [0.5, 0.6) is 0 Å². The number of hydrogen-bond acceptors (Lipinski definition) is 3. The number of anilines is 1. The van der Waals surface area contributed by atoms with E-state index in [2.05, 4.69) is 33.4 Å². The summed E-state index contributed by atoms with van der Waals surface area (Å²) < 4.78 is 0.992. The van der Waals surface area contributed by atoms with Crippen LogP contribution in [0.4, 0.5) is 5.69 Å². The molecule has 1 amide bonds. The number of rotatable bonds is 3. The summed E-state index contributed by atoms with van der Waals surface area (Å²) in [7, 11) is 0. The second-order valence-corrected chi connectivity index (χ2v) is 8.77. The number of amides is 1. The summed E-state index contributed by atoms with van der Waals surface area (Å²) in [6, 6.07) is 25.3. The van der Waals surface area contributed by atoms with Crippen molar-refractivity contribution < 1.29 is 4.79 Å². The van der Waals surface area contributed by atoms with E-state index in [0.717, 1.165) is 32.6 Å². The van der Waals surface area contributed by atoms with E-state index in [0.29, 0.717) is 23.8 Å². The molecule has 31 heavy (non-hydrogen) atoms. The van der Waals surface area contributed by atoms with Gasteiger partial charge in [0.1, 0.15) is 5.70 Å². The maximum Gasteiger partial charge on any atom is 0.275 e. The van der Waals surface area contributed by atoms with Gasteiger partial charge in [-0.25, -0.2) is 0 Å². The molecule has 2 heterocycles. The number of benzene rings is 3. The van der Waals surface area contributed by atoms with Gasteiger partial charge in [0.05, 0.1) is 18.3 Å². The molecule has 6 heteroatoms. The molecule has 1 N–H and O–H groups in total. The number of nitrogens with one attached hydrogen (secondary N) is 1. The molecule has 0 spiro atoms. The molecule has 2 aliphatic heterocycles. The predicted octanol–water partition coefficient (Wildman–Crippen LogP) is 5.54. The van der Waals surface area contributed by atoms with E-state index in [1.54, 1.807) is 0 Å². The minimum atomic E-state index is -0.293. The van der Waals surface area contributed by atoms with E-state index in [4.69, 9.17) is 16.6 Å². The highest BCUT2D eigenvalue weighted by atomic mass is 79.9. The smallest absolute Gasteiger partial charge is 0.275 e. The molecule has 0 bridgehead atoms. The van der Waals surface area contributed by atoms with Gasteiger partial charge in [-0.15, -0.1) is 0 Å². The molecule has 2 aliphatic rings. The molecule has 0 saturated carbocycles. The molecule has 0 aliphatic carbocycles. The van der Waals surface area contributed by atoms with Crippen LogP contribution in [0.25, 0.3) is 0 Å². The number of halogens is 2. The predicted molar refractivity (Wildman–Crippen MR) is 129 cm³/mol. The monoisotopic (exact) mass is 491 g/mol. The third kappa shape index (κ3) is 3.68. The fourth-order valence-electron chi connectivity index (χ4n) is 4.14. The lowest BCUT2D eigenvalue weighted by molar-refractivity contribution is -0.115. The van der Waals surface area contributed by atoms with Crippen molar-refractivity contribution in [1.29, 1.82) is 0 Å². The van der Waals surface area contributed by atoms with E-state index in [1.807, 2.05) is 71.6 Å². The summed E-state index contributed by atoms with van der Waals surface area (Å²) >= 11 is 9.65. The average molecular weight is 493 g/mol. The van der Waals surface area contributed by atoms with E-state index in [1.165, 1.54) is 0 Å². The van der Waals surface area contributed by atoms with Crippen molar-refractivity contribution in [2.75, 3.05) is 18.0 Å². The molecule has 0 unspecified atom stereocenters. The lowest BCUT2D eigenvalue weighted by Gasteiger charge is -2.28. The zero-order valence-electron chi connectivity index (χ0n) is 16.6. The molecular weight excluding hydrogens is 474 g/mol. The standard InChI is InChI=1S/C25H19BrClN3O/c26-18-10-6-17(7-11-18)24-21-22(16-8-12-19(27)13-9-16)28-14-15-29-23(21)25(31)30(24)20-4-2-1-3-5-20/h1-13,24,29H,14-15H2/t24-/m0/s1. The first kappa shape index (κ1) is 20.0. The summed E-state index contributed by atoms with van der Waals surface area (Å²) in [6.45, 7) is 1.20. The summed E-state index contributed by atoms with van der Waals surface area (Å²) in [5.74, 6) is -0.0438. The largest absolute Gasteiger partial charge is 0.378 e. The molecule has 154 valence electrons. The van der Waals surface area contributed by atoms with Gasteiger partial charge in [-0.3, -0.25) is 14.7 Å². The van der Waals surface area contributed by atoms with Gasteiger partial charge in [0.15, 0.2) is 0 Å². The van der Waals surface area contributed by atoms with Gasteiger partial charge >= 0.3 is 0 Å². The van der Waals surface area contributed by atoms with Crippen LogP contribution in [0, 0.1) is 0 Å². The normalized spacial score (nSPS) is 18.4. The Morgan fingerprint density at radius 3 is 2.39 bits per heavy atom. The van der Waals surface area contributed by atoms with E-state index in [-0.39, 0.29) is 11.9 Å². The molecule has 0 fully saturated rings. The fraction of sp³-hybridized carbons (Fsp3) is 0.120. The van der Waals surface area contributed by atoms with E-state index in [9.17, 15) is 4.79 Å². The molecule has 5 rings (SSSR count). The first-order valence-electron chi connectivity index (χ1n) is 10.1. The highest BCUT2D eigenvalue weighted by molar-refractivity contribution is 9.10. The Balaban J connectivity index is 1.72. The number of carbonyl (C=O) groups is 1. The zero-order valence-corrected chi connectivity index (χ0v) is 18.9. The van der Waals surface area contributed by atoms with Crippen LogP contribution in [0.15, 0.2) is 99.6 Å². The second kappa shape index (κ2) is 8.33. The quantitative estimate of drug-likeness (QED) is 0.522. The third-order valence-electron chi connectivity index (χ3n) is 5.51. The van der Waals surface area contributed by atoms with Crippen LogP contribution in [-0.4, -0.2) is 24.7 Å². The Morgan fingerprint density at radius 1 is 0.968 bits per heavy atom. The van der Waals surface area contributed by atoms with E-state index < -0.39 is 0 Å². The Kier molecular flexibility index (Phi) is 5.38. The maximum atomic E-state index is 13.7. The van der Waals surface area contributed by atoms with Crippen LogP contribution in [0.2, 0.25) is 5.02 Å². The summed E-state index contributed by atoms with van der Waals surface area (Å²) in [4.78, 5) is 20.4. The zero-order chi connectivity index (χ0) is 21.4. The average Bonchev–Trinajstić information content (AvgIpc) is 2.93. The highest BCUT2D eigenvalue weighted by Gasteiger charge is 2.43. The number of hydrogen-bond donors (Lipinski definition) is 1. The number of nitrogens with zero attached hydrogens (tertiary/aromatic N) is 2. The Bertz CT molecular complexity index is 1190. The third-order valence-corrected chi connectivity index (χ3v) is 6.29. The first-order valence-corrected chi connectivity index (χ1v) is 11.2. The SMILES string of the molecule is O=C1C2=C(C(c3ccc(Cl)cc3)=NCCN2)[C@H](c2ccc(Br)cc2)N1c1ccccc1. The van der Waals surface area contributed by atoms with Crippen molar-refractivity contribution in [3.8, 4) is 0 Å². The maximum absolute atomic E-state index is 13.7.